The lowest BCUT2D eigenvalue weighted by molar-refractivity contribution is -0.137. The number of benzene rings is 2. The molecule has 0 radical (unpaired) electrons. The summed E-state index contributed by atoms with van der Waals surface area (Å²) in [5, 5.41) is 5.60. The maximum Gasteiger partial charge on any atom is 0.421 e. The molecule has 0 saturated carbocycles. The number of alkyl halides is 3. The predicted molar refractivity (Wildman–Crippen MR) is 97.8 cm³/mol. The molecule has 0 amide bonds. The van der Waals surface area contributed by atoms with Crippen molar-refractivity contribution in [2.45, 2.75) is 13.1 Å². The summed E-state index contributed by atoms with van der Waals surface area (Å²) in [5.74, 6) is 0.0816. The molecule has 0 unspecified atom stereocenters. The summed E-state index contributed by atoms with van der Waals surface area (Å²) >= 11 is 0. The number of aryl methyl sites for hydroxylation is 1. The fraction of sp³-hybridized carbons (Fsp3) is 0.158. The molecule has 0 atom stereocenters. The van der Waals surface area contributed by atoms with E-state index in [9.17, 15) is 13.2 Å². The number of hydrogen-bond donors (Lipinski definition) is 2. The number of anilines is 4. The van der Waals surface area contributed by atoms with Crippen molar-refractivity contribution >= 4 is 23.1 Å². The highest BCUT2D eigenvalue weighted by Crippen LogP contribution is 2.36. The topological polar surface area (TPSA) is 59.1 Å². The Kier molecular flexibility index (Phi) is 5.16. The maximum absolute atomic E-state index is 13.4. The van der Waals surface area contributed by atoms with Crippen molar-refractivity contribution in [3.05, 3.63) is 65.9 Å². The standard InChI is InChI=1S/C19H17F3N4O/c1-12-7-9-13(10-8-12)24-18-23-11-14(19(20,21)22)17(26-18)25-15-5-3-4-6-16(15)27-2/h3-11H,1-2H3,(H2,23,24,25,26). The molecule has 2 aromatic carbocycles. The molecule has 0 aliphatic carbocycles. The molecule has 3 rings (SSSR count). The van der Waals surface area contributed by atoms with Crippen LogP contribution in [0.1, 0.15) is 11.1 Å². The van der Waals surface area contributed by atoms with Crippen LogP contribution in [-0.4, -0.2) is 17.1 Å². The summed E-state index contributed by atoms with van der Waals surface area (Å²) in [6, 6.07) is 14.0. The highest BCUT2D eigenvalue weighted by molar-refractivity contribution is 5.67. The van der Waals surface area contributed by atoms with Gasteiger partial charge in [0.1, 0.15) is 17.1 Å². The highest BCUT2D eigenvalue weighted by Gasteiger charge is 2.35. The number of rotatable bonds is 5. The molecule has 2 N–H and O–H groups in total. The van der Waals surface area contributed by atoms with Crippen molar-refractivity contribution < 1.29 is 17.9 Å². The fourth-order valence-corrected chi connectivity index (χ4v) is 2.39. The number of aromatic nitrogens is 2. The highest BCUT2D eigenvalue weighted by atomic mass is 19.4. The van der Waals surface area contributed by atoms with Crippen LogP contribution < -0.4 is 15.4 Å². The molecule has 5 nitrogen and oxygen atoms in total. The van der Waals surface area contributed by atoms with Crippen LogP contribution in [0.3, 0.4) is 0 Å². The van der Waals surface area contributed by atoms with Gasteiger partial charge in [0.15, 0.2) is 0 Å². The third-order valence-corrected chi connectivity index (χ3v) is 3.76. The zero-order chi connectivity index (χ0) is 19.4. The third-order valence-electron chi connectivity index (χ3n) is 3.76. The van der Waals surface area contributed by atoms with E-state index in [0.717, 1.165) is 11.8 Å². The zero-order valence-electron chi connectivity index (χ0n) is 14.6. The number of hydrogen-bond acceptors (Lipinski definition) is 5. The van der Waals surface area contributed by atoms with Crippen LogP contribution in [0.15, 0.2) is 54.7 Å². The van der Waals surface area contributed by atoms with E-state index in [0.29, 0.717) is 17.1 Å². The lowest BCUT2D eigenvalue weighted by Crippen LogP contribution is -2.13. The number of para-hydroxylation sites is 2. The number of halogens is 3. The Hall–Kier alpha value is -3.29. The normalized spacial score (nSPS) is 11.1. The first-order valence-corrected chi connectivity index (χ1v) is 8.05. The van der Waals surface area contributed by atoms with Gasteiger partial charge in [-0.1, -0.05) is 29.8 Å². The fourth-order valence-electron chi connectivity index (χ4n) is 2.39. The van der Waals surface area contributed by atoms with Gasteiger partial charge >= 0.3 is 6.18 Å². The summed E-state index contributed by atoms with van der Waals surface area (Å²) in [5.41, 5.74) is 1.13. The maximum atomic E-state index is 13.4. The van der Waals surface area contributed by atoms with Crippen LogP contribution in [0.5, 0.6) is 5.75 Å². The molecule has 0 spiro atoms. The van der Waals surface area contributed by atoms with Gasteiger partial charge in [-0.3, -0.25) is 0 Å². The van der Waals surface area contributed by atoms with Crippen molar-refractivity contribution in [1.29, 1.82) is 0 Å². The van der Waals surface area contributed by atoms with Crippen molar-refractivity contribution in [2.24, 2.45) is 0 Å². The second-order valence-corrected chi connectivity index (χ2v) is 5.77. The van der Waals surface area contributed by atoms with Crippen LogP contribution in [0.25, 0.3) is 0 Å². The van der Waals surface area contributed by atoms with Gasteiger partial charge in [-0.05, 0) is 31.2 Å². The summed E-state index contributed by atoms with van der Waals surface area (Å²) in [6.45, 7) is 1.94. The van der Waals surface area contributed by atoms with E-state index in [4.69, 9.17) is 4.74 Å². The lowest BCUT2D eigenvalue weighted by atomic mass is 10.2. The van der Waals surface area contributed by atoms with E-state index >= 15 is 0 Å². The zero-order valence-corrected chi connectivity index (χ0v) is 14.6. The largest absolute Gasteiger partial charge is 0.495 e. The molecule has 140 valence electrons. The lowest BCUT2D eigenvalue weighted by Gasteiger charge is -2.16. The van der Waals surface area contributed by atoms with E-state index in [1.807, 2.05) is 19.1 Å². The summed E-state index contributed by atoms with van der Waals surface area (Å²) in [6.07, 6.45) is -3.85. The van der Waals surface area contributed by atoms with E-state index in [-0.39, 0.29) is 11.8 Å². The number of nitrogens with one attached hydrogen (secondary N) is 2. The molecule has 0 saturated heterocycles. The first kappa shape index (κ1) is 18.5. The van der Waals surface area contributed by atoms with Gasteiger partial charge in [0.05, 0.1) is 12.8 Å². The Bertz CT molecular complexity index is 927. The van der Waals surface area contributed by atoms with Crippen LogP contribution in [0.4, 0.5) is 36.3 Å². The Labute approximate surface area is 154 Å². The number of nitrogens with zero attached hydrogens (tertiary/aromatic N) is 2. The molecule has 0 bridgehead atoms. The number of ether oxygens (including phenoxy) is 1. The van der Waals surface area contributed by atoms with Crippen molar-refractivity contribution in [3.63, 3.8) is 0 Å². The van der Waals surface area contributed by atoms with Crippen molar-refractivity contribution in [3.8, 4) is 5.75 Å². The molecule has 1 heterocycles. The Morgan fingerprint density at radius 2 is 1.67 bits per heavy atom. The van der Waals surface area contributed by atoms with E-state index in [1.54, 1.807) is 36.4 Å². The van der Waals surface area contributed by atoms with Gasteiger partial charge in [0.2, 0.25) is 5.95 Å². The van der Waals surface area contributed by atoms with E-state index in [1.165, 1.54) is 7.11 Å². The second kappa shape index (κ2) is 7.53. The molecule has 1 aromatic heterocycles. The molecular weight excluding hydrogens is 357 g/mol. The average molecular weight is 374 g/mol. The second-order valence-electron chi connectivity index (χ2n) is 5.77. The molecular formula is C19H17F3N4O. The molecule has 0 aliphatic rings. The Morgan fingerprint density at radius 3 is 2.33 bits per heavy atom. The first-order valence-electron chi connectivity index (χ1n) is 8.05. The summed E-state index contributed by atoms with van der Waals surface area (Å²) < 4.78 is 45.3. The molecule has 3 aromatic rings. The summed E-state index contributed by atoms with van der Waals surface area (Å²) in [4.78, 5) is 7.81. The molecule has 0 aliphatic heterocycles. The van der Waals surface area contributed by atoms with Gasteiger partial charge in [-0.2, -0.15) is 18.2 Å². The van der Waals surface area contributed by atoms with Gasteiger partial charge in [0, 0.05) is 11.9 Å². The third kappa shape index (κ3) is 4.46. The predicted octanol–water partition coefficient (Wildman–Crippen LogP) is 5.30. The smallest absolute Gasteiger partial charge is 0.421 e. The SMILES string of the molecule is COc1ccccc1Nc1nc(Nc2ccc(C)cc2)ncc1C(F)(F)F. The van der Waals surface area contributed by atoms with E-state index < -0.39 is 11.7 Å². The molecule has 27 heavy (non-hydrogen) atoms. The Morgan fingerprint density at radius 1 is 0.963 bits per heavy atom. The van der Waals surface area contributed by atoms with Gasteiger partial charge in [0.25, 0.3) is 0 Å². The molecule has 8 heteroatoms. The minimum Gasteiger partial charge on any atom is -0.495 e. The van der Waals surface area contributed by atoms with Crippen LogP contribution >= 0.6 is 0 Å². The van der Waals surface area contributed by atoms with Crippen LogP contribution in [-0.2, 0) is 6.18 Å². The van der Waals surface area contributed by atoms with E-state index in [2.05, 4.69) is 20.6 Å². The van der Waals surface area contributed by atoms with Crippen molar-refractivity contribution in [1.82, 2.24) is 9.97 Å². The quantitative estimate of drug-likeness (QED) is 0.635. The first-order chi connectivity index (χ1) is 12.9. The number of methoxy groups -OCH3 is 1. The minimum absolute atomic E-state index is 0.0456. The van der Waals surface area contributed by atoms with Crippen LogP contribution in [0, 0.1) is 6.92 Å². The van der Waals surface area contributed by atoms with Gasteiger partial charge in [-0.15, -0.1) is 0 Å². The monoisotopic (exact) mass is 374 g/mol. The van der Waals surface area contributed by atoms with Crippen LogP contribution in [0.2, 0.25) is 0 Å². The van der Waals surface area contributed by atoms with Gasteiger partial charge in [-0.25, -0.2) is 4.98 Å². The molecule has 0 fully saturated rings. The average Bonchev–Trinajstić information content (AvgIpc) is 2.63. The van der Waals surface area contributed by atoms with Gasteiger partial charge < -0.3 is 15.4 Å². The Balaban J connectivity index is 1.97. The van der Waals surface area contributed by atoms with Crippen molar-refractivity contribution in [2.75, 3.05) is 17.7 Å². The summed E-state index contributed by atoms with van der Waals surface area (Å²) in [7, 11) is 1.44. The minimum atomic E-state index is -4.60.